The summed E-state index contributed by atoms with van der Waals surface area (Å²) in [5.41, 5.74) is 1.35. The van der Waals surface area contributed by atoms with Gasteiger partial charge in [0.15, 0.2) is 5.13 Å². The van der Waals surface area contributed by atoms with Gasteiger partial charge in [-0.1, -0.05) is 59.9 Å². The predicted octanol–water partition coefficient (Wildman–Crippen LogP) is 5.07. The number of hydrogen-bond acceptors (Lipinski definition) is 6. The number of benzene rings is 3. The molecule has 1 aromatic heterocycles. The number of hydrogen-bond donors (Lipinski definition) is 1. The Morgan fingerprint density at radius 1 is 1.06 bits per heavy atom. The Bertz CT molecular complexity index is 1430. The zero-order valence-corrected chi connectivity index (χ0v) is 18.2. The summed E-state index contributed by atoms with van der Waals surface area (Å²) in [7, 11) is 1.49. The molecule has 0 radical (unpaired) electrons. The molecule has 0 saturated carbocycles. The highest BCUT2D eigenvalue weighted by atomic mass is 32.1. The number of ketones is 1. The number of carbonyl (C=O) groups excluding carboxylic acids is 2. The Morgan fingerprint density at radius 3 is 2.55 bits per heavy atom. The average Bonchev–Trinajstić information content (AvgIpc) is 3.36. The van der Waals surface area contributed by atoms with Crippen LogP contribution in [0.2, 0.25) is 0 Å². The van der Waals surface area contributed by atoms with Gasteiger partial charge in [0.1, 0.15) is 23.4 Å². The molecule has 0 unspecified atom stereocenters. The largest absolute Gasteiger partial charge is 0.507 e. The van der Waals surface area contributed by atoms with Gasteiger partial charge in [-0.05, 0) is 24.3 Å². The zero-order valence-electron chi connectivity index (χ0n) is 17.4. The number of methoxy groups -OCH3 is 1. The van der Waals surface area contributed by atoms with Crippen molar-refractivity contribution in [1.29, 1.82) is 0 Å². The maximum Gasteiger partial charge on any atom is 0.301 e. The number of anilines is 1. The molecule has 0 bridgehead atoms. The molecule has 6 nitrogen and oxygen atoms in total. The molecule has 0 spiro atoms. The van der Waals surface area contributed by atoms with Crippen LogP contribution in [0.1, 0.15) is 17.2 Å². The third-order valence-electron chi connectivity index (χ3n) is 5.47. The highest BCUT2D eigenvalue weighted by Crippen LogP contribution is 2.46. The number of rotatable bonds is 4. The lowest BCUT2D eigenvalue weighted by Crippen LogP contribution is -2.29. The molecule has 8 heteroatoms. The molecule has 1 atom stereocenters. The minimum atomic E-state index is -0.980. The van der Waals surface area contributed by atoms with Crippen molar-refractivity contribution in [3.05, 3.63) is 95.3 Å². The summed E-state index contributed by atoms with van der Waals surface area (Å²) in [6.45, 7) is 0. The number of aromatic nitrogens is 1. The van der Waals surface area contributed by atoms with Crippen LogP contribution in [0.4, 0.5) is 9.52 Å². The number of ether oxygens (including phenoxy) is 1. The third-order valence-corrected chi connectivity index (χ3v) is 6.49. The Hall–Kier alpha value is -4.04. The number of aliphatic hydroxyl groups excluding tert-OH is 1. The molecule has 33 heavy (non-hydrogen) atoms. The van der Waals surface area contributed by atoms with Crippen LogP contribution < -0.4 is 9.64 Å². The second-order valence-corrected chi connectivity index (χ2v) is 8.39. The van der Waals surface area contributed by atoms with Crippen LogP contribution in [0, 0.1) is 5.82 Å². The lowest BCUT2D eigenvalue weighted by atomic mass is 9.95. The lowest BCUT2D eigenvalue weighted by molar-refractivity contribution is -0.132. The zero-order chi connectivity index (χ0) is 23.1. The summed E-state index contributed by atoms with van der Waals surface area (Å²) >= 11 is 1.09. The first-order chi connectivity index (χ1) is 16.0. The van der Waals surface area contributed by atoms with E-state index in [0.717, 1.165) is 11.3 Å². The van der Waals surface area contributed by atoms with E-state index in [-0.39, 0.29) is 16.5 Å². The van der Waals surface area contributed by atoms with Gasteiger partial charge in [0.25, 0.3) is 5.78 Å². The van der Waals surface area contributed by atoms with E-state index in [1.54, 1.807) is 54.6 Å². The monoisotopic (exact) mass is 460 g/mol. The predicted molar refractivity (Wildman–Crippen MR) is 124 cm³/mol. The van der Waals surface area contributed by atoms with Crippen molar-refractivity contribution in [2.75, 3.05) is 12.0 Å². The molecule has 1 amide bonds. The van der Waals surface area contributed by atoms with Crippen LogP contribution in [0.25, 0.3) is 16.0 Å². The first-order valence-corrected chi connectivity index (χ1v) is 10.9. The fraction of sp³-hybridized carbons (Fsp3) is 0.0800. The van der Waals surface area contributed by atoms with E-state index in [0.29, 0.717) is 27.1 Å². The van der Waals surface area contributed by atoms with Gasteiger partial charge in [-0.15, -0.1) is 0 Å². The number of halogens is 1. The van der Waals surface area contributed by atoms with Gasteiger partial charge in [-0.3, -0.25) is 14.5 Å². The molecule has 1 aliphatic heterocycles. The van der Waals surface area contributed by atoms with Gasteiger partial charge in [0.05, 0.1) is 22.9 Å². The van der Waals surface area contributed by atoms with E-state index in [1.165, 1.54) is 30.2 Å². The molecule has 1 N–H and O–H groups in total. The second-order valence-electron chi connectivity index (χ2n) is 7.39. The summed E-state index contributed by atoms with van der Waals surface area (Å²) in [6, 6.07) is 18.7. The molecule has 1 saturated heterocycles. The Morgan fingerprint density at radius 2 is 1.79 bits per heavy atom. The Labute approximate surface area is 192 Å². The number of nitrogens with zero attached hydrogens (tertiary/aromatic N) is 2. The van der Waals surface area contributed by atoms with Gasteiger partial charge in [0.2, 0.25) is 0 Å². The number of fused-ring (bicyclic) bond motifs is 1. The normalized spacial score (nSPS) is 17.6. The van der Waals surface area contributed by atoms with E-state index in [4.69, 9.17) is 4.74 Å². The minimum absolute atomic E-state index is 0.0684. The van der Waals surface area contributed by atoms with Crippen molar-refractivity contribution in [2.24, 2.45) is 0 Å². The summed E-state index contributed by atoms with van der Waals surface area (Å²) < 4.78 is 19.8. The van der Waals surface area contributed by atoms with Crippen LogP contribution in [0.3, 0.4) is 0 Å². The molecule has 3 aromatic carbocycles. The highest BCUT2D eigenvalue weighted by molar-refractivity contribution is 7.22. The maximum absolute atomic E-state index is 13.7. The quantitative estimate of drug-likeness (QED) is 0.261. The number of amides is 1. The minimum Gasteiger partial charge on any atom is -0.507 e. The number of thiazole rings is 1. The van der Waals surface area contributed by atoms with Gasteiger partial charge >= 0.3 is 5.91 Å². The molecule has 1 fully saturated rings. The number of Topliss-reactive ketones (excluding diaryl/α,β-unsaturated/α-hetero) is 1. The third kappa shape index (κ3) is 3.44. The van der Waals surface area contributed by atoms with Crippen molar-refractivity contribution in [3.8, 4) is 5.75 Å². The smallest absolute Gasteiger partial charge is 0.301 e. The van der Waals surface area contributed by atoms with Crippen LogP contribution in [0.5, 0.6) is 5.75 Å². The number of carbonyl (C=O) groups is 2. The van der Waals surface area contributed by atoms with Crippen molar-refractivity contribution in [2.45, 2.75) is 6.04 Å². The molecule has 164 valence electrons. The number of aliphatic hydroxyl groups is 1. The SMILES string of the molecule is COc1ccccc1[C@H]1/C(=C(\O)c2ccccc2)C(=O)C(=O)N1c1nc2ccc(F)cc2s1. The fourth-order valence-electron chi connectivity index (χ4n) is 3.96. The Balaban J connectivity index is 1.77. The summed E-state index contributed by atoms with van der Waals surface area (Å²) in [5.74, 6) is -1.94. The highest BCUT2D eigenvalue weighted by Gasteiger charge is 2.49. The van der Waals surface area contributed by atoms with E-state index in [2.05, 4.69) is 4.98 Å². The van der Waals surface area contributed by atoms with Gasteiger partial charge in [-0.2, -0.15) is 0 Å². The van der Waals surface area contributed by atoms with Gasteiger partial charge in [0, 0.05) is 11.1 Å². The molecule has 0 aliphatic carbocycles. The molecule has 1 aliphatic rings. The van der Waals surface area contributed by atoms with E-state index in [1.807, 2.05) is 0 Å². The maximum atomic E-state index is 13.7. The molecule has 4 aromatic rings. The molecule has 5 rings (SSSR count). The molecule has 2 heterocycles. The summed E-state index contributed by atoms with van der Waals surface area (Å²) in [6.07, 6.45) is 0. The van der Waals surface area contributed by atoms with Crippen LogP contribution >= 0.6 is 11.3 Å². The Kier molecular flexibility index (Phi) is 5.14. The lowest BCUT2D eigenvalue weighted by Gasteiger charge is -2.24. The van der Waals surface area contributed by atoms with Gasteiger partial charge < -0.3 is 9.84 Å². The fourth-order valence-corrected chi connectivity index (χ4v) is 4.97. The van der Waals surface area contributed by atoms with Crippen molar-refractivity contribution in [3.63, 3.8) is 0 Å². The molecular weight excluding hydrogens is 443 g/mol. The van der Waals surface area contributed by atoms with E-state index < -0.39 is 23.5 Å². The first-order valence-electron chi connectivity index (χ1n) is 10.0. The van der Waals surface area contributed by atoms with E-state index >= 15 is 0 Å². The van der Waals surface area contributed by atoms with Gasteiger partial charge in [-0.25, -0.2) is 9.37 Å². The van der Waals surface area contributed by atoms with Crippen molar-refractivity contribution >= 4 is 44.1 Å². The van der Waals surface area contributed by atoms with Crippen molar-refractivity contribution in [1.82, 2.24) is 4.98 Å². The van der Waals surface area contributed by atoms with Crippen LogP contribution in [-0.2, 0) is 9.59 Å². The summed E-state index contributed by atoms with van der Waals surface area (Å²) in [5, 5.41) is 11.3. The van der Waals surface area contributed by atoms with Crippen LogP contribution in [0.15, 0.2) is 78.4 Å². The van der Waals surface area contributed by atoms with E-state index in [9.17, 15) is 19.1 Å². The molecular formula is C25H17FN2O4S. The van der Waals surface area contributed by atoms with Crippen molar-refractivity contribution < 1.29 is 23.8 Å². The average molecular weight is 460 g/mol. The second kappa shape index (κ2) is 8.14. The van der Waals surface area contributed by atoms with Crippen LogP contribution in [-0.4, -0.2) is 28.9 Å². The summed E-state index contributed by atoms with van der Waals surface area (Å²) in [4.78, 5) is 32.2. The topological polar surface area (TPSA) is 79.7 Å². The first kappa shape index (κ1) is 20.8. The standard InChI is InChI=1S/C25H17FN2O4S/c1-32-18-10-6-5-9-16(18)21-20(22(29)14-7-3-2-4-8-14)23(30)24(31)28(21)25-27-17-12-11-15(26)13-19(17)33-25/h2-13,21,29H,1H3/b22-20+/t21-/m0/s1. The number of para-hydroxylation sites is 1.